The fraction of sp³-hybridized carbons (Fsp3) is 0.200. The zero-order valence-corrected chi connectivity index (χ0v) is 15.5. The normalized spacial score (nSPS) is 12.0. The van der Waals surface area contributed by atoms with Crippen LogP contribution in [0.3, 0.4) is 0 Å². The number of hydrogen-bond acceptors (Lipinski definition) is 7. The molecule has 4 rings (SSSR count). The molecule has 0 radical (unpaired) electrons. The summed E-state index contributed by atoms with van der Waals surface area (Å²) < 4.78 is 10.8. The van der Waals surface area contributed by atoms with E-state index in [4.69, 9.17) is 9.47 Å². The van der Waals surface area contributed by atoms with Crippen molar-refractivity contribution in [2.24, 2.45) is 0 Å². The van der Waals surface area contributed by atoms with Crippen molar-refractivity contribution in [3.63, 3.8) is 0 Å². The van der Waals surface area contributed by atoms with Gasteiger partial charge in [-0.25, -0.2) is 4.98 Å². The maximum Gasteiger partial charge on any atom is 0.231 e. The van der Waals surface area contributed by atoms with Crippen molar-refractivity contribution in [3.05, 3.63) is 54.2 Å². The quantitative estimate of drug-likeness (QED) is 0.708. The lowest BCUT2D eigenvalue weighted by molar-refractivity contribution is 0.174. The van der Waals surface area contributed by atoms with Gasteiger partial charge in [0.25, 0.3) is 0 Å². The summed E-state index contributed by atoms with van der Waals surface area (Å²) in [5.41, 5.74) is 3.77. The van der Waals surface area contributed by atoms with Crippen LogP contribution in [0.25, 0.3) is 0 Å². The SMILES string of the molecule is Cc1cc(Nc2ccc3c(c2)OCO3)nc(Nc2cccc(N(C)C)c2)n1. The maximum atomic E-state index is 5.42. The Bertz CT molecular complexity index is 974. The molecule has 0 saturated heterocycles. The van der Waals surface area contributed by atoms with Crippen molar-refractivity contribution in [2.45, 2.75) is 6.92 Å². The summed E-state index contributed by atoms with van der Waals surface area (Å²) in [6.45, 7) is 2.19. The first-order chi connectivity index (χ1) is 13.1. The second-order valence-electron chi connectivity index (χ2n) is 6.48. The Morgan fingerprint density at radius 2 is 1.70 bits per heavy atom. The molecule has 138 valence electrons. The predicted octanol–water partition coefficient (Wildman–Crippen LogP) is 4.07. The van der Waals surface area contributed by atoms with Gasteiger partial charge in [-0.3, -0.25) is 0 Å². The monoisotopic (exact) mass is 363 g/mol. The summed E-state index contributed by atoms with van der Waals surface area (Å²) in [5, 5.41) is 6.57. The average molecular weight is 363 g/mol. The molecule has 0 amide bonds. The van der Waals surface area contributed by atoms with Crippen LogP contribution in [0.15, 0.2) is 48.5 Å². The van der Waals surface area contributed by atoms with Gasteiger partial charge in [0.05, 0.1) is 0 Å². The third kappa shape index (κ3) is 3.87. The van der Waals surface area contributed by atoms with Gasteiger partial charge < -0.3 is 25.0 Å². The Kier molecular flexibility index (Phi) is 4.42. The number of benzene rings is 2. The molecule has 7 nitrogen and oxygen atoms in total. The van der Waals surface area contributed by atoms with Crippen molar-refractivity contribution in [2.75, 3.05) is 36.4 Å². The van der Waals surface area contributed by atoms with Crippen LogP contribution in [0.5, 0.6) is 11.5 Å². The minimum atomic E-state index is 0.255. The maximum absolute atomic E-state index is 5.42. The van der Waals surface area contributed by atoms with Gasteiger partial charge in [0, 0.05) is 49.0 Å². The second-order valence-corrected chi connectivity index (χ2v) is 6.48. The van der Waals surface area contributed by atoms with Crippen LogP contribution in [0.1, 0.15) is 5.69 Å². The average Bonchev–Trinajstić information content (AvgIpc) is 3.09. The molecule has 1 aromatic heterocycles. The van der Waals surface area contributed by atoms with Gasteiger partial charge in [-0.2, -0.15) is 4.98 Å². The van der Waals surface area contributed by atoms with Gasteiger partial charge in [0.15, 0.2) is 11.5 Å². The highest BCUT2D eigenvalue weighted by molar-refractivity contribution is 5.65. The number of aryl methyl sites for hydroxylation is 1. The Morgan fingerprint density at radius 3 is 2.56 bits per heavy atom. The number of anilines is 5. The second kappa shape index (κ2) is 7.03. The van der Waals surface area contributed by atoms with E-state index in [1.807, 2.05) is 57.4 Å². The topological polar surface area (TPSA) is 71.5 Å². The van der Waals surface area contributed by atoms with Crippen LogP contribution < -0.4 is 25.0 Å². The van der Waals surface area contributed by atoms with Crippen molar-refractivity contribution >= 4 is 28.8 Å². The standard InChI is InChI=1S/C20H21N5O2/c1-13-9-19(22-15-7-8-17-18(11-15)27-12-26-17)24-20(21-13)23-14-5-4-6-16(10-14)25(2)3/h4-11H,12H2,1-3H3,(H2,21,22,23,24). The van der Waals surface area contributed by atoms with E-state index in [1.165, 1.54) is 0 Å². The largest absolute Gasteiger partial charge is 0.454 e. The van der Waals surface area contributed by atoms with Gasteiger partial charge in [-0.05, 0) is 37.3 Å². The van der Waals surface area contributed by atoms with E-state index in [1.54, 1.807) is 0 Å². The highest BCUT2D eigenvalue weighted by atomic mass is 16.7. The lowest BCUT2D eigenvalue weighted by Crippen LogP contribution is -2.09. The number of aromatic nitrogens is 2. The Balaban J connectivity index is 1.55. The Hall–Kier alpha value is -3.48. The molecule has 1 aliphatic rings. The minimum Gasteiger partial charge on any atom is -0.454 e. The fourth-order valence-corrected chi connectivity index (χ4v) is 2.80. The van der Waals surface area contributed by atoms with E-state index in [0.29, 0.717) is 11.8 Å². The minimum absolute atomic E-state index is 0.255. The van der Waals surface area contributed by atoms with Gasteiger partial charge >= 0.3 is 0 Å². The van der Waals surface area contributed by atoms with Gasteiger partial charge in [0.2, 0.25) is 12.7 Å². The first-order valence-electron chi connectivity index (χ1n) is 8.63. The summed E-state index contributed by atoms with van der Waals surface area (Å²) in [7, 11) is 4.02. The highest BCUT2D eigenvalue weighted by Gasteiger charge is 2.13. The van der Waals surface area contributed by atoms with Crippen molar-refractivity contribution < 1.29 is 9.47 Å². The molecule has 1 aliphatic heterocycles. The third-order valence-electron chi connectivity index (χ3n) is 4.12. The van der Waals surface area contributed by atoms with E-state index < -0.39 is 0 Å². The number of fused-ring (bicyclic) bond motifs is 1. The zero-order valence-electron chi connectivity index (χ0n) is 15.5. The van der Waals surface area contributed by atoms with E-state index >= 15 is 0 Å². The van der Waals surface area contributed by atoms with E-state index in [2.05, 4.69) is 37.6 Å². The molecule has 2 aromatic carbocycles. The van der Waals surface area contributed by atoms with Crippen LogP contribution in [-0.4, -0.2) is 30.9 Å². The van der Waals surface area contributed by atoms with Crippen LogP contribution in [0.2, 0.25) is 0 Å². The van der Waals surface area contributed by atoms with E-state index in [9.17, 15) is 0 Å². The molecule has 0 fully saturated rings. The number of rotatable bonds is 5. The molecule has 2 heterocycles. The molecule has 0 atom stereocenters. The van der Waals surface area contributed by atoms with Crippen molar-refractivity contribution in [3.8, 4) is 11.5 Å². The summed E-state index contributed by atoms with van der Waals surface area (Å²) in [6.07, 6.45) is 0. The molecule has 3 aromatic rings. The van der Waals surface area contributed by atoms with Crippen LogP contribution in [-0.2, 0) is 0 Å². The molecule has 0 saturated carbocycles. The molecule has 7 heteroatoms. The lowest BCUT2D eigenvalue weighted by Gasteiger charge is -2.14. The zero-order chi connectivity index (χ0) is 18.8. The summed E-state index contributed by atoms with van der Waals surface area (Å²) in [5.74, 6) is 2.72. The van der Waals surface area contributed by atoms with Crippen molar-refractivity contribution in [1.82, 2.24) is 9.97 Å². The van der Waals surface area contributed by atoms with Gasteiger partial charge in [-0.1, -0.05) is 6.07 Å². The molecular formula is C20H21N5O2. The first kappa shape index (κ1) is 17.0. The Labute approximate surface area is 158 Å². The van der Waals surface area contributed by atoms with Gasteiger partial charge in [-0.15, -0.1) is 0 Å². The molecule has 0 aliphatic carbocycles. The first-order valence-corrected chi connectivity index (χ1v) is 8.63. The van der Waals surface area contributed by atoms with Crippen LogP contribution in [0, 0.1) is 6.92 Å². The Morgan fingerprint density at radius 1 is 0.889 bits per heavy atom. The predicted molar refractivity (Wildman–Crippen MR) is 107 cm³/mol. The van der Waals surface area contributed by atoms with E-state index in [0.717, 1.165) is 34.3 Å². The number of nitrogens with one attached hydrogen (secondary N) is 2. The molecule has 0 bridgehead atoms. The molecule has 0 unspecified atom stereocenters. The third-order valence-corrected chi connectivity index (χ3v) is 4.12. The van der Waals surface area contributed by atoms with Crippen LogP contribution in [0.4, 0.5) is 28.8 Å². The summed E-state index contributed by atoms with van der Waals surface area (Å²) >= 11 is 0. The molecule has 27 heavy (non-hydrogen) atoms. The number of ether oxygens (including phenoxy) is 2. The van der Waals surface area contributed by atoms with E-state index in [-0.39, 0.29) is 6.79 Å². The van der Waals surface area contributed by atoms with Crippen molar-refractivity contribution in [1.29, 1.82) is 0 Å². The molecular weight excluding hydrogens is 342 g/mol. The smallest absolute Gasteiger partial charge is 0.231 e. The van der Waals surface area contributed by atoms with Crippen LogP contribution >= 0.6 is 0 Å². The number of nitrogens with zero attached hydrogens (tertiary/aromatic N) is 3. The summed E-state index contributed by atoms with van der Waals surface area (Å²) in [6, 6.07) is 15.7. The molecule has 0 spiro atoms. The molecule has 2 N–H and O–H groups in total. The number of hydrogen-bond donors (Lipinski definition) is 2. The highest BCUT2D eigenvalue weighted by Crippen LogP contribution is 2.35. The summed E-state index contributed by atoms with van der Waals surface area (Å²) in [4.78, 5) is 11.1. The fourth-order valence-electron chi connectivity index (χ4n) is 2.80. The lowest BCUT2D eigenvalue weighted by atomic mass is 10.2. The van der Waals surface area contributed by atoms with Gasteiger partial charge in [0.1, 0.15) is 5.82 Å².